The highest BCUT2D eigenvalue weighted by Crippen LogP contribution is 2.35. The summed E-state index contributed by atoms with van der Waals surface area (Å²) < 4.78 is 13.7. The van der Waals surface area contributed by atoms with Crippen LogP contribution in [0.4, 0.5) is 5.82 Å². The van der Waals surface area contributed by atoms with Gasteiger partial charge >= 0.3 is 0 Å². The lowest BCUT2D eigenvalue weighted by molar-refractivity contribution is -0.178. The van der Waals surface area contributed by atoms with E-state index in [1.54, 1.807) is 16.7 Å². The molecule has 8 nitrogen and oxygen atoms in total. The van der Waals surface area contributed by atoms with Crippen molar-refractivity contribution >= 4 is 29.0 Å². The van der Waals surface area contributed by atoms with Crippen LogP contribution in [-0.4, -0.2) is 51.9 Å². The maximum Gasteiger partial charge on any atom is 0.270 e. The Balaban J connectivity index is 1.21. The Morgan fingerprint density at radius 3 is 2.76 bits per heavy atom. The van der Waals surface area contributed by atoms with Gasteiger partial charge in [-0.2, -0.15) is 0 Å². The van der Waals surface area contributed by atoms with E-state index in [2.05, 4.69) is 20.2 Å². The van der Waals surface area contributed by atoms with Gasteiger partial charge in [0.05, 0.1) is 23.4 Å². The van der Waals surface area contributed by atoms with Crippen LogP contribution >= 0.6 is 11.6 Å². The van der Waals surface area contributed by atoms with Crippen LogP contribution in [0.25, 0.3) is 5.65 Å². The number of amides is 1. The molecule has 0 radical (unpaired) electrons. The zero-order chi connectivity index (χ0) is 23.0. The van der Waals surface area contributed by atoms with Gasteiger partial charge in [0.15, 0.2) is 5.79 Å². The van der Waals surface area contributed by atoms with Crippen LogP contribution in [0, 0.1) is 0 Å². The molecule has 0 saturated carbocycles. The van der Waals surface area contributed by atoms with Crippen LogP contribution in [0.1, 0.15) is 48.4 Å². The van der Waals surface area contributed by atoms with E-state index < -0.39 is 5.79 Å². The molecule has 174 valence electrons. The van der Waals surface area contributed by atoms with Crippen LogP contribution in [0.2, 0.25) is 5.02 Å². The first kappa shape index (κ1) is 22.1. The van der Waals surface area contributed by atoms with Crippen molar-refractivity contribution in [1.29, 1.82) is 0 Å². The number of pyridine rings is 2. The molecule has 1 N–H and O–H groups in total. The third-order valence-corrected chi connectivity index (χ3v) is 6.54. The lowest BCUT2D eigenvalue weighted by atomic mass is 10.0. The minimum absolute atomic E-state index is 0.162. The van der Waals surface area contributed by atoms with Gasteiger partial charge < -0.3 is 19.7 Å². The number of piperidine rings is 1. The van der Waals surface area contributed by atoms with Crippen LogP contribution in [0.5, 0.6) is 0 Å². The first-order valence-corrected chi connectivity index (χ1v) is 11.8. The summed E-state index contributed by atoms with van der Waals surface area (Å²) in [6.45, 7) is 6.76. The molecule has 1 amide bonds. The number of rotatable bonds is 5. The van der Waals surface area contributed by atoms with E-state index in [-0.39, 0.29) is 12.0 Å². The van der Waals surface area contributed by atoms with Crippen LogP contribution in [0.15, 0.2) is 36.7 Å². The highest BCUT2D eigenvalue weighted by molar-refractivity contribution is 6.30. The molecule has 2 fully saturated rings. The second kappa shape index (κ2) is 8.93. The van der Waals surface area contributed by atoms with Crippen molar-refractivity contribution in [3.8, 4) is 0 Å². The van der Waals surface area contributed by atoms with Crippen molar-refractivity contribution in [3.63, 3.8) is 0 Å². The Labute approximate surface area is 197 Å². The van der Waals surface area contributed by atoms with Crippen molar-refractivity contribution in [2.45, 2.75) is 51.5 Å². The number of fused-ring (bicyclic) bond motifs is 1. The quantitative estimate of drug-likeness (QED) is 0.614. The van der Waals surface area contributed by atoms with Crippen LogP contribution < -0.4 is 10.2 Å². The molecular formula is C24H28ClN5O3. The normalized spacial score (nSPS) is 20.0. The summed E-state index contributed by atoms with van der Waals surface area (Å²) in [5.74, 6) is 0.327. The van der Waals surface area contributed by atoms with Crippen molar-refractivity contribution in [3.05, 3.63) is 58.6 Å². The van der Waals surface area contributed by atoms with Gasteiger partial charge in [0, 0.05) is 44.9 Å². The van der Waals surface area contributed by atoms with E-state index in [1.807, 2.05) is 38.2 Å². The second-order valence-electron chi connectivity index (χ2n) is 8.68. The first-order valence-electron chi connectivity index (χ1n) is 11.4. The molecule has 2 saturated heterocycles. The van der Waals surface area contributed by atoms with Crippen molar-refractivity contribution in [1.82, 2.24) is 19.7 Å². The first-order chi connectivity index (χ1) is 16.0. The standard InChI is InChI=1S/C24H28ClN5O3/c1-3-19-22(30-14-18(25)5-7-21(30)28-19)23(31)27-13-17-4-6-20(26-12-17)29-10-8-24(9-11-29)32-15-16(2)33-24/h4-7,12,14,16H,3,8-11,13,15H2,1-2H3,(H,27,31)/t16-/m1/s1. The fraction of sp³-hybridized carbons (Fsp3) is 0.458. The third kappa shape index (κ3) is 4.43. The fourth-order valence-electron chi connectivity index (χ4n) is 4.57. The summed E-state index contributed by atoms with van der Waals surface area (Å²) in [6.07, 6.45) is 6.02. The number of hydrogen-bond acceptors (Lipinski definition) is 6. The number of ether oxygens (including phenoxy) is 2. The van der Waals surface area contributed by atoms with Crippen LogP contribution in [0.3, 0.4) is 0 Å². The molecule has 5 rings (SSSR count). The minimum atomic E-state index is -0.417. The van der Waals surface area contributed by atoms with Crippen molar-refractivity contribution in [2.24, 2.45) is 0 Å². The Morgan fingerprint density at radius 1 is 1.27 bits per heavy atom. The number of carbonyl (C=O) groups excluding carboxylic acids is 1. The molecule has 0 aliphatic carbocycles. The highest BCUT2D eigenvalue weighted by atomic mass is 35.5. The monoisotopic (exact) mass is 469 g/mol. The molecule has 33 heavy (non-hydrogen) atoms. The average molecular weight is 470 g/mol. The number of aromatic nitrogens is 3. The Hall–Kier alpha value is -2.68. The third-order valence-electron chi connectivity index (χ3n) is 6.31. The van der Waals surface area contributed by atoms with Gasteiger partial charge in [0.2, 0.25) is 0 Å². The van der Waals surface area contributed by atoms with E-state index in [0.29, 0.717) is 35.9 Å². The van der Waals surface area contributed by atoms with E-state index in [4.69, 9.17) is 21.1 Å². The van der Waals surface area contributed by atoms with Gasteiger partial charge in [0.1, 0.15) is 17.2 Å². The maximum absolute atomic E-state index is 13.0. The number of nitrogens with one attached hydrogen (secondary N) is 1. The second-order valence-corrected chi connectivity index (χ2v) is 9.12. The predicted molar refractivity (Wildman–Crippen MR) is 126 cm³/mol. The molecular weight excluding hydrogens is 442 g/mol. The van der Waals surface area contributed by atoms with Crippen molar-refractivity contribution in [2.75, 3.05) is 24.6 Å². The Kier molecular flexibility index (Phi) is 5.99. The number of imidazole rings is 1. The van der Waals surface area contributed by atoms with Gasteiger partial charge in [-0.25, -0.2) is 9.97 Å². The molecule has 2 aliphatic rings. The zero-order valence-corrected chi connectivity index (χ0v) is 19.6. The molecule has 3 aromatic heterocycles. The number of aryl methyl sites for hydroxylation is 1. The lowest BCUT2D eigenvalue weighted by Crippen LogP contribution is -2.45. The molecule has 3 aromatic rings. The predicted octanol–water partition coefficient (Wildman–Crippen LogP) is 3.61. The Bertz CT molecular complexity index is 1150. The van der Waals surface area contributed by atoms with E-state index in [0.717, 1.165) is 43.0 Å². The van der Waals surface area contributed by atoms with E-state index in [1.165, 1.54) is 0 Å². The number of hydrogen-bond donors (Lipinski definition) is 1. The SMILES string of the molecule is CCc1nc2ccc(Cl)cn2c1C(=O)NCc1ccc(N2CCC3(CC2)OC[C@@H](C)O3)nc1. The van der Waals surface area contributed by atoms with Gasteiger partial charge in [0.25, 0.3) is 5.91 Å². The maximum atomic E-state index is 13.0. The van der Waals surface area contributed by atoms with Gasteiger partial charge in [-0.15, -0.1) is 0 Å². The highest BCUT2D eigenvalue weighted by Gasteiger charge is 2.42. The number of anilines is 1. The topological polar surface area (TPSA) is 81.0 Å². The molecule has 2 aliphatic heterocycles. The molecule has 9 heteroatoms. The van der Waals surface area contributed by atoms with Crippen molar-refractivity contribution < 1.29 is 14.3 Å². The molecule has 5 heterocycles. The number of carbonyl (C=O) groups is 1. The Morgan fingerprint density at radius 2 is 2.09 bits per heavy atom. The summed E-state index contributed by atoms with van der Waals surface area (Å²) in [5.41, 5.74) is 2.91. The molecule has 0 unspecified atom stereocenters. The number of nitrogens with zero attached hydrogens (tertiary/aromatic N) is 4. The van der Waals surface area contributed by atoms with Gasteiger partial charge in [-0.05, 0) is 37.1 Å². The summed E-state index contributed by atoms with van der Waals surface area (Å²) >= 11 is 6.13. The van der Waals surface area contributed by atoms with Gasteiger partial charge in [-0.1, -0.05) is 24.6 Å². The van der Waals surface area contributed by atoms with E-state index >= 15 is 0 Å². The van der Waals surface area contributed by atoms with E-state index in [9.17, 15) is 4.79 Å². The smallest absolute Gasteiger partial charge is 0.270 e. The summed E-state index contributed by atoms with van der Waals surface area (Å²) in [5, 5.41) is 3.55. The molecule has 1 spiro atoms. The summed E-state index contributed by atoms with van der Waals surface area (Å²) in [4.78, 5) is 24.4. The van der Waals surface area contributed by atoms with Gasteiger partial charge in [-0.3, -0.25) is 9.20 Å². The zero-order valence-electron chi connectivity index (χ0n) is 18.9. The largest absolute Gasteiger partial charge is 0.356 e. The minimum Gasteiger partial charge on any atom is -0.356 e. The molecule has 1 atom stereocenters. The van der Waals surface area contributed by atoms with Crippen LogP contribution in [-0.2, 0) is 22.4 Å². The average Bonchev–Trinajstić information content (AvgIpc) is 3.38. The lowest BCUT2D eigenvalue weighted by Gasteiger charge is -2.38. The molecule has 0 aromatic carbocycles. The summed E-state index contributed by atoms with van der Waals surface area (Å²) in [7, 11) is 0. The number of halogens is 1. The molecule has 0 bridgehead atoms. The fourth-order valence-corrected chi connectivity index (χ4v) is 4.73. The summed E-state index contributed by atoms with van der Waals surface area (Å²) in [6, 6.07) is 7.59.